The SMILES string of the molecule is CN/C=C\SCC(C)C1=CCC(C)C=C1. The molecular weight excluding hydrogens is 202 g/mol. The number of allylic oxidation sites excluding steroid dienone is 4. The Kier molecular flexibility index (Phi) is 5.62. The van der Waals surface area contributed by atoms with E-state index in [-0.39, 0.29) is 0 Å². The van der Waals surface area contributed by atoms with E-state index in [2.05, 4.69) is 42.8 Å². The number of hydrogen-bond donors (Lipinski definition) is 1. The molecule has 2 atom stereocenters. The van der Waals surface area contributed by atoms with Crippen LogP contribution in [0.3, 0.4) is 0 Å². The molecule has 1 rings (SSSR count). The highest BCUT2D eigenvalue weighted by molar-refractivity contribution is 8.02. The molecule has 1 aliphatic rings. The molecule has 84 valence electrons. The van der Waals surface area contributed by atoms with Gasteiger partial charge in [0.2, 0.25) is 0 Å². The molecule has 0 heterocycles. The van der Waals surface area contributed by atoms with E-state index in [1.807, 2.05) is 25.0 Å². The van der Waals surface area contributed by atoms with Crippen LogP contribution in [0.1, 0.15) is 20.3 Å². The summed E-state index contributed by atoms with van der Waals surface area (Å²) in [6.07, 6.45) is 10.2. The summed E-state index contributed by atoms with van der Waals surface area (Å²) in [5, 5.41) is 5.11. The highest BCUT2D eigenvalue weighted by atomic mass is 32.2. The zero-order valence-corrected chi connectivity index (χ0v) is 10.7. The van der Waals surface area contributed by atoms with Crippen LogP contribution in [0.4, 0.5) is 0 Å². The van der Waals surface area contributed by atoms with Crippen molar-refractivity contribution in [2.45, 2.75) is 20.3 Å². The second kappa shape index (κ2) is 6.78. The predicted octanol–water partition coefficient (Wildman–Crippen LogP) is 3.57. The van der Waals surface area contributed by atoms with Gasteiger partial charge in [-0.3, -0.25) is 0 Å². The van der Waals surface area contributed by atoms with Crippen molar-refractivity contribution < 1.29 is 0 Å². The van der Waals surface area contributed by atoms with Gasteiger partial charge in [-0.15, -0.1) is 11.8 Å². The first-order valence-electron chi connectivity index (χ1n) is 5.56. The third-order valence-electron chi connectivity index (χ3n) is 2.59. The van der Waals surface area contributed by atoms with Gasteiger partial charge in [0.15, 0.2) is 0 Å². The molecule has 0 aromatic heterocycles. The minimum atomic E-state index is 0.653. The highest BCUT2D eigenvalue weighted by Gasteiger charge is 2.09. The van der Waals surface area contributed by atoms with Gasteiger partial charge in [0.1, 0.15) is 0 Å². The maximum absolute atomic E-state index is 3.00. The fourth-order valence-electron chi connectivity index (χ4n) is 1.52. The Morgan fingerprint density at radius 1 is 1.67 bits per heavy atom. The molecular formula is C13H21NS. The van der Waals surface area contributed by atoms with Crippen LogP contribution in [0.25, 0.3) is 0 Å². The average molecular weight is 223 g/mol. The van der Waals surface area contributed by atoms with Crippen LogP contribution in [0.5, 0.6) is 0 Å². The molecule has 15 heavy (non-hydrogen) atoms. The summed E-state index contributed by atoms with van der Waals surface area (Å²) < 4.78 is 0. The van der Waals surface area contributed by atoms with Crippen molar-refractivity contribution in [3.8, 4) is 0 Å². The molecule has 2 unspecified atom stereocenters. The molecule has 2 heteroatoms. The quantitative estimate of drug-likeness (QED) is 0.764. The van der Waals surface area contributed by atoms with E-state index in [0.29, 0.717) is 5.92 Å². The molecule has 0 saturated carbocycles. The van der Waals surface area contributed by atoms with Crippen molar-refractivity contribution >= 4 is 11.8 Å². The van der Waals surface area contributed by atoms with Crippen LogP contribution in [0.15, 0.2) is 35.4 Å². The van der Waals surface area contributed by atoms with E-state index >= 15 is 0 Å². The van der Waals surface area contributed by atoms with Gasteiger partial charge in [0.25, 0.3) is 0 Å². The van der Waals surface area contributed by atoms with Gasteiger partial charge in [0, 0.05) is 19.0 Å². The molecule has 0 bridgehead atoms. The Morgan fingerprint density at radius 2 is 2.47 bits per heavy atom. The van der Waals surface area contributed by atoms with Crippen LogP contribution < -0.4 is 5.32 Å². The van der Waals surface area contributed by atoms with Crippen LogP contribution in [0, 0.1) is 11.8 Å². The van der Waals surface area contributed by atoms with Crippen molar-refractivity contribution in [3.63, 3.8) is 0 Å². The number of hydrogen-bond acceptors (Lipinski definition) is 2. The normalized spacial score (nSPS) is 22.9. The summed E-state index contributed by atoms with van der Waals surface area (Å²) in [6.45, 7) is 4.56. The summed E-state index contributed by atoms with van der Waals surface area (Å²) in [5.74, 6) is 2.53. The fraction of sp³-hybridized carbons (Fsp3) is 0.538. The summed E-state index contributed by atoms with van der Waals surface area (Å²) >= 11 is 1.86. The molecule has 0 saturated heterocycles. The topological polar surface area (TPSA) is 12.0 Å². The lowest BCUT2D eigenvalue weighted by atomic mass is 9.92. The Labute approximate surface area is 97.7 Å². The Hall–Kier alpha value is -0.630. The second-order valence-electron chi connectivity index (χ2n) is 4.10. The monoisotopic (exact) mass is 223 g/mol. The number of thioether (sulfide) groups is 1. The zero-order chi connectivity index (χ0) is 11.1. The van der Waals surface area contributed by atoms with Crippen molar-refractivity contribution in [1.82, 2.24) is 5.32 Å². The lowest BCUT2D eigenvalue weighted by Gasteiger charge is -2.16. The molecule has 0 aromatic rings. The first-order valence-corrected chi connectivity index (χ1v) is 6.61. The van der Waals surface area contributed by atoms with Gasteiger partial charge in [-0.05, 0) is 29.2 Å². The van der Waals surface area contributed by atoms with Crippen molar-refractivity contribution in [1.29, 1.82) is 0 Å². The van der Waals surface area contributed by atoms with Gasteiger partial charge < -0.3 is 5.32 Å². The van der Waals surface area contributed by atoms with E-state index in [9.17, 15) is 0 Å². The Morgan fingerprint density at radius 3 is 3.07 bits per heavy atom. The average Bonchev–Trinajstić information content (AvgIpc) is 2.25. The van der Waals surface area contributed by atoms with E-state index in [1.54, 1.807) is 0 Å². The van der Waals surface area contributed by atoms with Crippen molar-refractivity contribution in [2.24, 2.45) is 11.8 Å². The fourth-order valence-corrected chi connectivity index (χ4v) is 2.35. The maximum Gasteiger partial charge on any atom is 0.00408 e. The predicted molar refractivity (Wildman–Crippen MR) is 70.8 cm³/mol. The van der Waals surface area contributed by atoms with E-state index in [4.69, 9.17) is 0 Å². The minimum Gasteiger partial charge on any atom is -0.394 e. The van der Waals surface area contributed by atoms with Crippen molar-refractivity contribution in [3.05, 3.63) is 35.4 Å². The molecule has 1 nitrogen and oxygen atoms in total. The standard InChI is InChI=1S/C13H21NS/c1-11-4-6-13(7-5-11)12(2)10-15-9-8-14-3/h4,6-9,11-12,14H,5,10H2,1-3H3/b9-8-. The van der Waals surface area contributed by atoms with Crippen LogP contribution in [-0.4, -0.2) is 12.8 Å². The van der Waals surface area contributed by atoms with Crippen LogP contribution in [-0.2, 0) is 0 Å². The van der Waals surface area contributed by atoms with E-state index < -0.39 is 0 Å². The molecule has 0 aromatic carbocycles. The number of nitrogens with one attached hydrogen (secondary N) is 1. The van der Waals surface area contributed by atoms with E-state index in [0.717, 1.165) is 11.7 Å². The van der Waals surface area contributed by atoms with Gasteiger partial charge >= 0.3 is 0 Å². The molecule has 1 aliphatic carbocycles. The van der Waals surface area contributed by atoms with Gasteiger partial charge in [-0.1, -0.05) is 32.1 Å². The van der Waals surface area contributed by atoms with Crippen molar-refractivity contribution in [2.75, 3.05) is 12.8 Å². The second-order valence-corrected chi connectivity index (χ2v) is 5.04. The number of rotatable bonds is 5. The van der Waals surface area contributed by atoms with Gasteiger partial charge in [0.05, 0.1) is 0 Å². The Bertz CT molecular complexity index is 266. The highest BCUT2D eigenvalue weighted by Crippen LogP contribution is 2.24. The lowest BCUT2D eigenvalue weighted by Crippen LogP contribution is -2.04. The smallest absolute Gasteiger partial charge is 0.00408 e. The molecule has 0 fully saturated rings. The van der Waals surface area contributed by atoms with Gasteiger partial charge in [-0.2, -0.15) is 0 Å². The van der Waals surface area contributed by atoms with Gasteiger partial charge in [-0.25, -0.2) is 0 Å². The lowest BCUT2D eigenvalue weighted by molar-refractivity contribution is 0.702. The zero-order valence-electron chi connectivity index (χ0n) is 9.86. The Balaban J connectivity index is 2.31. The van der Waals surface area contributed by atoms with Crippen LogP contribution in [0.2, 0.25) is 0 Å². The molecule has 0 radical (unpaired) electrons. The molecule has 1 N–H and O–H groups in total. The molecule has 0 spiro atoms. The minimum absolute atomic E-state index is 0.653. The summed E-state index contributed by atoms with van der Waals surface area (Å²) in [6, 6.07) is 0. The maximum atomic E-state index is 3.00. The third-order valence-corrected chi connectivity index (χ3v) is 3.61. The summed E-state index contributed by atoms with van der Waals surface area (Å²) in [5.41, 5.74) is 1.50. The largest absolute Gasteiger partial charge is 0.394 e. The third kappa shape index (κ3) is 4.61. The molecule has 0 aliphatic heterocycles. The first-order chi connectivity index (χ1) is 7.24. The molecule has 0 amide bonds. The summed E-state index contributed by atoms with van der Waals surface area (Å²) in [7, 11) is 1.92. The van der Waals surface area contributed by atoms with Crippen LogP contribution >= 0.6 is 11.8 Å². The first kappa shape index (κ1) is 12.4. The van der Waals surface area contributed by atoms with E-state index in [1.165, 1.54) is 12.0 Å². The summed E-state index contributed by atoms with van der Waals surface area (Å²) in [4.78, 5) is 0.